The fraction of sp³-hybridized carbons (Fsp3) is 0.833. The minimum atomic E-state index is -0.461. The molecule has 2 aliphatic rings. The monoisotopic (exact) mass is 240 g/mol. The fourth-order valence-corrected chi connectivity index (χ4v) is 2.43. The molecule has 0 spiro atoms. The van der Waals surface area contributed by atoms with Crippen molar-refractivity contribution in [3.63, 3.8) is 0 Å². The number of hydrogen-bond donors (Lipinski definition) is 1. The van der Waals surface area contributed by atoms with Gasteiger partial charge >= 0.3 is 6.09 Å². The van der Waals surface area contributed by atoms with Gasteiger partial charge in [0.25, 0.3) is 0 Å². The predicted molar refractivity (Wildman–Crippen MR) is 62.5 cm³/mol. The van der Waals surface area contributed by atoms with Gasteiger partial charge in [0.1, 0.15) is 5.60 Å². The third kappa shape index (κ3) is 2.90. The molecule has 2 amide bonds. The third-order valence-electron chi connectivity index (χ3n) is 3.18. The number of likely N-dealkylation sites (tertiary alicyclic amines) is 1. The van der Waals surface area contributed by atoms with Crippen molar-refractivity contribution >= 4 is 12.0 Å². The molecule has 0 unspecified atom stereocenters. The number of fused-ring (bicyclic) bond motifs is 1. The first-order valence-electron chi connectivity index (χ1n) is 6.12. The van der Waals surface area contributed by atoms with Gasteiger partial charge in [-0.05, 0) is 27.2 Å². The molecule has 17 heavy (non-hydrogen) atoms. The summed E-state index contributed by atoms with van der Waals surface area (Å²) in [6, 6.07) is 0.251. The second kappa shape index (κ2) is 4.20. The molecular weight excluding hydrogens is 220 g/mol. The predicted octanol–water partition coefficient (Wildman–Crippen LogP) is 1.13. The number of carbonyl (C=O) groups excluding carboxylic acids is 2. The molecule has 0 aromatic rings. The lowest BCUT2D eigenvalue weighted by Crippen LogP contribution is -2.48. The van der Waals surface area contributed by atoms with Gasteiger partial charge in [-0.2, -0.15) is 0 Å². The number of carbonyl (C=O) groups is 2. The summed E-state index contributed by atoms with van der Waals surface area (Å²) in [6.07, 6.45) is 1.09. The smallest absolute Gasteiger partial charge is 0.410 e. The van der Waals surface area contributed by atoms with E-state index in [2.05, 4.69) is 5.32 Å². The van der Waals surface area contributed by atoms with Gasteiger partial charge in [-0.15, -0.1) is 0 Å². The maximum Gasteiger partial charge on any atom is 0.410 e. The van der Waals surface area contributed by atoms with Crippen molar-refractivity contribution < 1.29 is 14.3 Å². The Kier molecular flexibility index (Phi) is 3.02. The van der Waals surface area contributed by atoms with Gasteiger partial charge in [-0.1, -0.05) is 0 Å². The maximum atomic E-state index is 11.9. The van der Waals surface area contributed by atoms with Crippen molar-refractivity contribution in [3.8, 4) is 0 Å². The highest BCUT2D eigenvalue weighted by Gasteiger charge is 2.39. The molecule has 0 saturated carbocycles. The highest BCUT2D eigenvalue weighted by molar-refractivity contribution is 5.79. The lowest BCUT2D eigenvalue weighted by Gasteiger charge is -2.35. The number of nitrogens with zero attached hydrogens (tertiary/aromatic N) is 1. The quantitative estimate of drug-likeness (QED) is 0.690. The Morgan fingerprint density at radius 1 is 1.47 bits per heavy atom. The molecule has 0 aliphatic carbocycles. The van der Waals surface area contributed by atoms with E-state index in [9.17, 15) is 9.59 Å². The molecule has 1 N–H and O–H groups in total. The van der Waals surface area contributed by atoms with Gasteiger partial charge in [-0.25, -0.2) is 4.79 Å². The summed E-state index contributed by atoms with van der Waals surface area (Å²) in [5, 5.41) is 2.95. The number of amides is 2. The van der Waals surface area contributed by atoms with Crippen molar-refractivity contribution in [2.24, 2.45) is 5.92 Å². The van der Waals surface area contributed by atoms with Crippen LogP contribution in [0.25, 0.3) is 0 Å². The van der Waals surface area contributed by atoms with E-state index in [-0.39, 0.29) is 24.0 Å². The van der Waals surface area contributed by atoms with Crippen LogP contribution in [0.4, 0.5) is 4.79 Å². The Labute approximate surface area is 101 Å². The molecular formula is C12H20N2O3. The Bertz CT molecular complexity index is 335. The van der Waals surface area contributed by atoms with Crippen LogP contribution in [0.15, 0.2) is 0 Å². The highest BCUT2D eigenvalue weighted by atomic mass is 16.6. The van der Waals surface area contributed by atoms with Gasteiger partial charge in [0, 0.05) is 31.5 Å². The molecule has 2 fully saturated rings. The van der Waals surface area contributed by atoms with E-state index in [0.717, 1.165) is 6.42 Å². The average molecular weight is 240 g/mol. The number of rotatable bonds is 0. The van der Waals surface area contributed by atoms with Gasteiger partial charge < -0.3 is 15.0 Å². The van der Waals surface area contributed by atoms with E-state index < -0.39 is 5.60 Å². The van der Waals surface area contributed by atoms with E-state index in [0.29, 0.717) is 19.5 Å². The van der Waals surface area contributed by atoms with Crippen molar-refractivity contribution in [2.75, 3.05) is 13.1 Å². The number of nitrogens with one attached hydrogen (secondary N) is 1. The van der Waals surface area contributed by atoms with Crippen molar-refractivity contribution in [1.29, 1.82) is 0 Å². The minimum Gasteiger partial charge on any atom is -0.444 e. The third-order valence-corrected chi connectivity index (χ3v) is 3.18. The molecule has 96 valence electrons. The second-order valence-corrected chi connectivity index (χ2v) is 5.85. The molecule has 0 aromatic heterocycles. The number of piperidine rings is 1. The van der Waals surface area contributed by atoms with Crippen LogP contribution in [0.2, 0.25) is 0 Å². The average Bonchev–Trinajstić information content (AvgIpc) is 2.53. The van der Waals surface area contributed by atoms with Gasteiger partial charge in [0.2, 0.25) is 5.91 Å². The minimum absolute atomic E-state index is 0.103. The van der Waals surface area contributed by atoms with Crippen LogP contribution in [0.3, 0.4) is 0 Å². The summed E-state index contributed by atoms with van der Waals surface area (Å²) in [7, 11) is 0. The summed E-state index contributed by atoms with van der Waals surface area (Å²) in [5.41, 5.74) is -0.461. The zero-order valence-electron chi connectivity index (χ0n) is 10.7. The first-order valence-corrected chi connectivity index (χ1v) is 6.12. The Morgan fingerprint density at radius 2 is 2.18 bits per heavy atom. The largest absolute Gasteiger partial charge is 0.444 e. The van der Waals surface area contributed by atoms with Gasteiger partial charge in [0.15, 0.2) is 0 Å². The SMILES string of the molecule is CC(C)(C)OC(=O)N1CC[C@H]2NC(=O)C[C@H]2C1. The number of ether oxygens (including phenoxy) is 1. The van der Waals surface area contributed by atoms with Crippen LogP contribution >= 0.6 is 0 Å². The topological polar surface area (TPSA) is 58.6 Å². The fourth-order valence-electron chi connectivity index (χ4n) is 2.43. The molecule has 0 aromatic carbocycles. The van der Waals surface area contributed by atoms with E-state index >= 15 is 0 Å². The molecule has 2 rings (SSSR count). The van der Waals surface area contributed by atoms with Crippen LogP contribution in [0.1, 0.15) is 33.6 Å². The lowest BCUT2D eigenvalue weighted by atomic mass is 9.93. The van der Waals surface area contributed by atoms with Crippen LogP contribution < -0.4 is 5.32 Å². The normalized spacial score (nSPS) is 28.6. The summed E-state index contributed by atoms with van der Waals surface area (Å²) in [4.78, 5) is 24.9. The Hall–Kier alpha value is -1.26. The van der Waals surface area contributed by atoms with E-state index in [1.165, 1.54) is 0 Å². The Balaban J connectivity index is 1.92. The highest BCUT2D eigenvalue weighted by Crippen LogP contribution is 2.26. The summed E-state index contributed by atoms with van der Waals surface area (Å²) >= 11 is 0. The van der Waals surface area contributed by atoms with E-state index in [4.69, 9.17) is 4.74 Å². The lowest BCUT2D eigenvalue weighted by molar-refractivity contribution is -0.119. The maximum absolute atomic E-state index is 11.9. The second-order valence-electron chi connectivity index (χ2n) is 5.85. The van der Waals surface area contributed by atoms with Crippen LogP contribution in [-0.4, -0.2) is 41.6 Å². The van der Waals surface area contributed by atoms with Gasteiger partial charge in [0.05, 0.1) is 0 Å². The standard InChI is InChI=1S/C12H20N2O3/c1-12(2,3)17-11(16)14-5-4-9-8(7-14)6-10(15)13-9/h8-9H,4-7H2,1-3H3,(H,13,15)/t8-,9+/m0/s1. The molecule has 0 radical (unpaired) electrons. The van der Waals surface area contributed by atoms with Crippen LogP contribution in [0.5, 0.6) is 0 Å². The zero-order valence-corrected chi connectivity index (χ0v) is 10.7. The van der Waals surface area contributed by atoms with E-state index in [1.54, 1.807) is 4.90 Å². The van der Waals surface area contributed by atoms with E-state index in [1.807, 2.05) is 20.8 Å². The molecule has 2 aliphatic heterocycles. The molecule has 5 heteroatoms. The van der Waals surface area contributed by atoms with Crippen LogP contribution in [0, 0.1) is 5.92 Å². The number of hydrogen-bond acceptors (Lipinski definition) is 3. The Morgan fingerprint density at radius 3 is 2.82 bits per heavy atom. The van der Waals surface area contributed by atoms with Crippen molar-refractivity contribution in [3.05, 3.63) is 0 Å². The van der Waals surface area contributed by atoms with Crippen LogP contribution in [-0.2, 0) is 9.53 Å². The zero-order chi connectivity index (χ0) is 12.6. The van der Waals surface area contributed by atoms with Crippen molar-refractivity contribution in [2.45, 2.75) is 45.3 Å². The molecule has 2 heterocycles. The van der Waals surface area contributed by atoms with Gasteiger partial charge in [-0.3, -0.25) is 4.79 Å². The first kappa shape index (κ1) is 12.2. The molecule has 2 saturated heterocycles. The molecule has 2 atom stereocenters. The molecule has 5 nitrogen and oxygen atoms in total. The van der Waals surface area contributed by atoms with Crippen molar-refractivity contribution in [1.82, 2.24) is 10.2 Å². The first-order chi connectivity index (χ1) is 7.85. The summed E-state index contributed by atoms with van der Waals surface area (Å²) < 4.78 is 5.33. The molecule has 0 bridgehead atoms. The summed E-state index contributed by atoms with van der Waals surface area (Å²) in [6.45, 7) is 6.86. The summed E-state index contributed by atoms with van der Waals surface area (Å²) in [5.74, 6) is 0.356.